The number of hydrogen-bond donors (Lipinski definition) is 1. The highest BCUT2D eigenvalue weighted by molar-refractivity contribution is 6.29. The summed E-state index contributed by atoms with van der Waals surface area (Å²) in [5.41, 5.74) is 0.802. The summed E-state index contributed by atoms with van der Waals surface area (Å²) < 4.78 is 14.8. The smallest absolute Gasteiger partial charge is 0.227 e. The van der Waals surface area contributed by atoms with Gasteiger partial charge in [-0.25, -0.2) is 23.9 Å². The molecule has 0 bridgehead atoms. The zero-order valence-electron chi connectivity index (χ0n) is 14.0. The van der Waals surface area contributed by atoms with Crippen LogP contribution in [0, 0.1) is 11.2 Å². The van der Waals surface area contributed by atoms with Crippen molar-refractivity contribution in [1.29, 1.82) is 0 Å². The lowest BCUT2D eigenvalue weighted by Gasteiger charge is -2.17. The van der Waals surface area contributed by atoms with Gasteiger partial charge >= 0.3 is 0 Å². The van der Waals surface area contributed by atoms with E-state index in [0.29, 0.717) is 23.4 Å². The Morgan fingerprint density at radius 2 is 2.00 bits per heavy atom. The van der Waals surface area contributed by atoms with Crippen LogP contribution in [0.5, 0.6) is 0 Å². The summed E-state index contributed by atoms with van der Waals surface area (Å²) in [6.07, 6.45) is 1.41. The van der Waals surface area contributed by atoms with Crippen molar-refractivity contribution < 1.29 is 9.18 Å². The normalized spacial score (nSPS) is 11.7. The van der Waals surface area contributed by atoms with Gasteiger partial charge in [-0.15, -0.1) is 0 Å². The first-order valence-electron chi connectivity index (χ1n) is 7.70. The first-order valence-corrected chi connectivity index (χ1v) is 8.07. The Bertz CT molecular complexity index is 931. The number of aromatic nitrogens is 4. The molecule has 3 aromatic heterocycles. The lowest BCUT2D eigenvalue weighted by molar-refractivity contribution is -0.117. The molecule has 0 aliphatic heterocycles. The quantitative estimate of drug-likeness (QED) is 0.716. The number of imidazole rings is 1. The van der Waals surface area contributed by atoms with Gasteiger partial charge in [0.25, 0.3) is 0 Å². The highest BCUT2D eigenvalue weighted by atomic mass is 35.5. The molecule has 0 spiro atoms. The molecule has 0 fully saturated rings. The molecule has 0 saturated heterocycles. The van der Waals surface area contributed by atoms with Crippen LogP contribution in [0.15, 0.2) is 30.5 Å². The number of nitrogens with zero attached hydrogens (tertiary/aromatic N) is 4. The molecule has 0 aliphatic carbocycles. The summed E-state index contributed by atoms with van der Waals surface area (Å²) in [5, 5.41) is 3.07. The highest BCUT2D eigenvalue weighted by Crippen LogP contribution is 2.25. The van der Waals surface area contributed by atoms with Gasteiger partial charge in [0.15, 0.2) is 5.65 Å². The van der Waals surface area contributed by atoms with Gasteiger partial charge in [-0.3, -0.25) is 10.1 Å². The van der Waals surface area contributed by atoms with Gasteiger partial charge in [0.05, 0.1) is 6.20 Å². The topological polar surface area (TPSA) is 72.7 Å². The summed E-state index contributed by atoms with van der Waals surface area (Å²) in [5.74, 6) is -0.00223. The van der Waals surface area contributed by atoms with Crippen LogP contribution in [-0.2, 0) is 4.79 Å². The first-order chi connectivity index (χ1) is 11.7. The molecule has 3 aromatic rings. The Balaban J connectivity index is 2.09. The zero-order chi connectivity index (χ0) is 18.2. The molecule has 8 heteroatoms. The lowest BCUT2D eigenvalue weighted by atomic mass is 9.92. The number of halogens is 2. The van der Waals surface area contributed by atoms with E-state index < -0.39 is 5.82 Å². The maximum absolute atomic E-state index is 13.2. The second kappa shape index (κ2) is 6.40. The van der Waals surface area contributed by atoms with Crippen molar-refractivity contribution in [3.63, 3.8) is 0 Å². The Morgan fingerprint density at radius 1 is 1.24 bits per heavy atom. The van der Waals surface area contributed by atoms with Crippen LogP contribution in [0.3, 0.4) is 0 Å². The number of rotatable bonds is 3. The Labute approximate surface area is 149 Å². The molecule has 1 amide bonds. The van der Waals surface area contributed by atoms with Crippen molar-refractivity contribution >= 4 is 34.6 Å². The predicted octanol–water partition coefficient (Wildman–Crippen LogP) is 3.98. The monoisotopic (exact) mass is 361 g/mol. The average Bonchev–Trinajstić information content (AvgIpc) is 2.83. The number of anilines is 1. The third-order valence-electron chi connectivity index (χ3n) is 3.35. The molecule has 0 aromatic carbocycles. The number of nitrogens with one attached hydrogen (secondary N) is 1. The van der Waals surface area contributed by atoms with Gasteiger partial charge in [0, 0.05) is 6.42 Å². The highest BCUT2D eigenvalue weighted by Gasteiger charge is 2.20. The first kappa shape index (κ1) is 17.3. The maximum Gasteiger partial charge on any atom is 0.227 e. The van der Waals surface area contributed by atoms with Crippen molar-refractivity contribution in [3.05, 3.63) is 41.4 Å². The van der Waals surface area contributed by atoms with Gasteiger partial charge in [0.1, 0.15) is 22.3 Å². The molecule has 130 valence electrons. The van der Waals surface area contributed by atoms with Crippen LogP contribution in [-0.4, -0.2) is 25.4 Å². The number of carbonyl (C=O) groups is 1. The van der Waals surface area contributed by atoms with Crippen molar-refractivity contribution in [2.45, 2.75) is 27.2 Å². The van der Waals surface area contributed by atoms with Crippen LogP contribution in [0.1, 0.15) is 27.2 Å². The molecule has 1 N–H and O–H groups in total. The van der Waals surface area contributed by atoms with E-state index in [1.54, 1.807) is 16.7 Å². The van der Waals surface area contributed by atoms with E-state index >= 15 is 0 Å². The summed E-state index contributed by atoms with van der Waals surface area (Å²) in [7, 11) is 0. The number of fused-ring (bicyclic) bond motifs is 1. The molecule has 6 nitrogen and oxygen atoms in total. The second-order valence-corrected chi connectivity index (χ2v) is 7.26. The SMILES string of the molecule is CC(C)(C)CC(=O)Nc1nc2ccc(Cl)nc2n1-c1ccc(F)cn1. The van der Waals surface area contributed by atoms with Crippen molar-refractivity contribution in [1.82, 2.24) is 19.5 Å². The van der Waals surface area contributed by atoms with Crippen LogP contribution in [0.2, 0.25) is 5.15 Å². The van der Waals surface area contributed by atoms with Crippen molar-refractivity contribution in [2.75, 3.05) is 5.32 Å². The fraction of sp³-hybridized carbons (Fsp3) is 0.294. The average molecular weight is 362 g/mol. The lowest BCUT2D eigenvalue weighted by Crippen LogP contribution is -2.21. The van der Waals surface area contributed by atoms with Gasteiger partial charge in [-0.1, -0.05) is 32.4 Å². The largest absolute Gasteiger partial charge is 0.296 e. The molecular weight excluding hydrogens is 345 g/mol. The summed E-state index contributed by atoms with van der Waals surface area (Å²) >= 11 is 5.99. The molecule has 25 heavy (non-hydrogen) atoms. The molecule has 3 rings (SSSR count). The molecular formula is C17H17ClFN5O. The molecule has 0 aliphatic rings. The minimum atomic E-state index is -0.461. The maximum atomic E-state index is 13.2. The van der Waals surface area contributed by atoms with E-state index in [9.17, 15) is 9.18 Å². The Morgan fingerprint density at radius 3 is 2.64 bits per heavy atom. The third kappa shape index (κ3) is 3.93. The standard InChI is InChI=1S/C17H17ClFN5O/c1-17(2,3)8-14(25)23-16-21-11-5-6-12(18)22-15(11)24(16)13-7-4-10(19)9-20-13/h4-7,9H,8H2,1-3H3,(H,21,23,25). The van der Waals surface area contributed by atoms with Crippen LogP contribution in [0.25, 0.3) is 17.0 Å². The summed E-state index contributed by atoms with van der Waals surface area (Å²) in [6.45, 7) is 5.91. The van der Waals surface area contributed by atoms with Gasteiger partial charge in [-0.2, -0.15) is 0 Å². The molecule has 0 unspecified atom stereocenters. The number of amides is 1. The number of carbonyl (C=O) groups excluding carboxylic acids is 1. The van der Waals surface area contributed by atoms with Gasteiger partial charge < -0.3 is 0 Å². The zero-order valence-corrected chi connectivity index (χ0v) is 14.8. The minimum absolute atomic E-state index is 0.170. The Hall–Kier alpha value is -2.54. The van der Waals surface area contributed by atoms with E-state index in [0.717, 1.165) is 6.20 Å². The van der Waals surface area contributed by atoms with Crippen LogP contribution >= 0.6 is 11.6 Å². The molecule has 0 atom stereocenters. The number of pyridine rings is 2. The summed E-state index contributed by atoms with van der Waals surface area (Å²) in [4.78, 5) is 25.0. The summed E-state index contributed by atoms with van der Waals surface area (Å²) in [6, 6.07) is 6.07. The van der Waals surface area contributed by atoms with Crippen LogP contribution in [0.4, 0.5) is 10.3 Å². The molecule has 0 saturated carbocycles. The fourth-order valence-electron chi connectivity index (χ4n) is 2.39. The molecule has 0 radical (unpaired) electrons. The van der Waals surface area contributed by atoms with E-state index in [-0.39, 0.29) is 22.4 Å². The van der Waals surface area contributed by atoms with E-state index in [1.807, 2.05) is 20.8 Å². The van der Waals surface area contributed by atoms with Crippen molar-refractivity contribution in [2.24, 2.45) is 5.41 Å². The van der Waals surface area contributed by atoms with Crippen LogP contribution < -0.4 is 5.32 Å². The van der Waals surface area contributed by atoms with Gasteiger partial charge in [-0.05, 0) is 29.7 Å². The van der Waals surface area contributed by atoms with Gasteiger partial charge in [0.2, 0.25) is 11.9 Å². The number of hydrogen-bond acceptors (Lipinski definition) is 4. The predicted molar refractivity (Wildman–Crippen MR) is 94.3 cm³/mol. The van der Waals surface area contributed by atoms with E-state index in [2.05, 4.69) is 20.3 Å². The second-order valence-electron chi connectivity index (χ2n) is 6.87. The van der Waals surface area contributed by atoms with E-state index in [1.165, 1.54) is 12.1 Å². The van der Waals surface area contributed by atoms with E-state index in [4.69, 9.17) is 11.6 Å². The fourth-order valence-corrected chi connectivity index (χ4v) is 2.53. The van der Waals surface area contributed by atoms with Crippen molar-refractivity contribution in [3.8, 4) is 5.82 Å². The third-order valence-corrected chi connectivity index (χ3v) is 3.56. The minimum Gasteiger partial charge on any atom is -0.296 e. The Kier molecular flexibility index (Phi) is 4.43. The molecule has 3 heterocycles.